The van der Waals surface area contributed by atoms with Gasteiger partial charge in [0.15, 0.2) is 0 Å². The Morgan fingerprint density at radius 1 is 1.22 bits per heavy atom. The maximum atomic E-state index is 14.5. The average molecular weight is 703 g/mol. The number of rotatable bonds is 15. The van der Waals surface area contributed by atoms with E-state index in [1.807, 2.05) is 51.1 Å². The van der Waals surface area contributed by atoms with E-state index in [0.717, 1.165) is 0 Å². The molecule has 252 valence electrons. The summed E-state index contributed by atoms with van der Waals surface area (Å²) < 4.78 is 12.9. The first kappa shape index (κ1) is 35.8. The molecular formula is C35H48BrN3O7. The van der Waals surface area contributed by atoms with Crippen LogP contribution in [-0.2, 0) is 28.7 Å². The van der Waals surface area contributed by atoms with Gasteiger partial charge in [0.25, 0.3) is 0 Å². The number of unbranched alkanes of at least 4 members (excludes halogenated alkanes) is 1. The molecule has 3 amide bonds. The zero-order valence-electron chi connectivity index (χ0n) is 27.3. The molecule has 3 aliphatic heterocycles. The van der Waals surface area contributed by atoms with Gasteiger partial charge in [-0.15, -0.1) is 13.2 Å². The number of fused-ring (bicyclic) bond motifs is 1. The van der Waals surface area contributed by atoms with Crippen LogP contribution in [0.2, 0.25) is 0 Å². The summed E-state index contributed by atoms with van der Waals surface area (Å²) in [5.41, 5.74) is -1.12. The largest absolute Gasteiger partial charge is 0.455 e. The van der Waals surface area contributed by atoms with E-state index in [2.05, 4.69) is 34.4 Å². The molecule has 46 heavy (non-hydrogen) atoms. The van der Waals surface area contributed by atoms with Crippen molar-refractivity contribution < 1.29 is 33.8 Å². The van der Waals surface area contributed by atoms with Gasteiger partial charge in [0, 0.05) is 36.5 Å². The second-order valence-corrected chi connectivity index (χ2v) is 14.7. The standard InChI is InChI=1S/C35H48BrN3O7/c1-7-9-17-25(41)37-22(3)28(23-15-11-10-12-16-23)45-33(44)26-27-31(42)38(19-13-14-20-40)30(35(27)21-24(36)29(26)46-35)32(43)39(18-8-2)34(4,5)6/h7-8,10-12,15-16,22,24,26-30,40H,1-2,9,13-14,17-21H2,3-6H3,(H,37,41)/t22-,24?,26+,27-,28-,29+,30+,35-/m1/s1. The number of benzene rings is 1. The van der Waals surface area contributed by atoms with Crippen LogP contribution in [0, 0.1) is 11.8 Å². The van der Waals surface area contributed by atoms with Crippen molar-refractivity contribution >= 4 is 39.6 Å². The van der Waals surface area contributed by atoms with Crippen molar-refractivity contribution in [2.24, 2.45) is 11.8 Å². The number of nitrogens with one attached hydrogen (secondary N) is 1. The summed E-state index contributed by atoms with van der Waals surface area (Å²) in [6.45, 7) is 15.6. The Hall–Kier alpha value is -3.02. The van der Waals surface area contributed by atoms with Crippen molar-refractivity contribution in [3.05, 3.63) is 61.2 Å². The minimum absolute atomic E-state index is 0.0417. The van der Waals surface area contributed by atoms with Crippen molar-refractivity contribution in [1.29, 1.82) is 0 Å². The molecule has 4 rings (SSSR count). The first-order valence-corrected chi connectivity index (χ1v) is 17.0. The lowest BCUT2D eigenvalue weighted by molar-refractivity contribution is -0.162. The molecule has 0 aromatic heterocycles. The van der Waals surface area contributed by atoms with Crippen molar-refractivity contribution in [3.63, 3.8) is 0 Å². The number of allylic oxidation sites excluding steroid dienone is 1. The minimum Gasteiger partial charge on any atom is -0.455 e. The van der Waals surface area contributed by atoms with Crippen LogP contribution < -0.4 is 5.32 Å². The van der Waals surface area contributed by atoms with Crippen LogP contribution in [0.5, 0.6) is 0 Å². The zero-order valence-corrected chi connectivity index (χ0v) is 28.9. The number of alkyl halides is 1. The number of carbonyl (C=O) groups is 4. The Balaban J connectivity index is 1.70. The van der Waals surface area contributed by atoms with E-state index in [1.54, 1.807) is 28.9 Å². The minimum atomic E-state index is -1.24. The Bertz CT molecular complexity index is 1300. The van der Waals surface area contributed by atoms with Crippen LogP contribution in [0.4, 0.5) is 0 Å². The average Bonchev–Trinajstić information content (AvgIpc) is 3.60. The lowest BCUT2D eigenvalue weighted by Crippen LogP contribution is -2.60. The zero-order chi connectivity index (χ0) is 33.8. The van der Waals surface area contributed by atoms with Gasteiger partial charge in [0.05, 0.1) is 24.0 Å². The summed E-state index contributed by atoms with van der Waals surface area (Å²) in [5.74, 6) is -3.30. The lowest BCUT2D eigenvalue weighted by Gasteiger charge is -2.42. The number of hydrogen-bond acceptors (Lipinski definition) is 7. The fourth-order valence-corrected chi connectivity index (χ4v) is 8.17. The van der Waals surface area contributed by atoms with Gasteiger partial charge < -0.3 is 29.7 Å². The lowest BCUT2D eigenvalue weighted by atomic mass is 9.70. The molecule has 0 radical (unpaired) electrons. The molecule has 1 unspecified atom stereocenters. The van der Waals surface area contributed by atoms with E-state index < -0.39 is 53.2 Å². The second kappa shape index (κ2) is 14.8. The Morgan fingerprint density at radius 2 is 1.91 bits per heavy atom. The summed E-state index contributed by atoms with van der Waals surface area (Å²) in [6, 6.07) is 7.64. The Labute approximate surface area is 280 Å². The molecule has 3 heterocycles. The number of hydrogen-bond donors (Lipinski definition) is 2. The van der Waals surface area contributed by atoms with Gasteiger partial charge in [-0.05, 0) is 58.9 Å². The van der Waals surface area contributed by atoms with Gasteiger partial charge >= 0.3 is 5.97 Å². The molecule has 0 aliphatic carbocycles. The molecule has 11 heteroatoms. The molecule has 1 spiro atoms. The molecule has 1 aromatic rings. The van der Waals surface area contributed by atoms with Crippen LogP contribution in [0.15, 0.2) is 55.6 Å². The van der Waals surface area contributed by atoms with Gasteiger partial charge in [0.1, 0.15) is 17.7 Å². The molecule has 0 saturated carbocycles. The highest BCUT2D eigenvalue weighted by atomic mass is 79.9. The normalized spacial score (nSPS) is 27.9. The summed E-state index contributed by atoms with van der Waals surface area (Å²) in [6.07, 6.45) is 3.90. The number of ether oxygens (including phenoxy) is 2. The van der Waals surface area contributed by atoms with Gasteiger partial charge in [-0.25, -0.2) is 0 Å². The molecular weight excluding hydrogens is 654 g/mol. The first-order valence-electron chi connectivity index (χ1n) is 16.1. The van der Waals surface area contributed by atoms with E-state index in [4.69, 9.17) is 9.47 Å². The number of aliphatic hydroxyl groups excluding tert-OH is 1. The SMILES string of the molecule is C=CCCC(=O)N[C@H](C)[C@@H](OC(=O)[C@@H]1[C@H]2O[C@@]3(CC2Br)[C@H](C(=O)N(CC=C)C(C)(C)C)N(CCCCO)C(=O)[C@@H]13)c1ccccc1. The molecule has 3 fully saturated rings. The highest BCUT2D eigenvalue weighted by Gasteiger charge is 2.77. The van der Waals surface area contributed by atoms with Gasteiger partial charge in [-0.1, -0.05) is 58.4 Å². The number of esters is 1. The molecule has 2 N–H and O–H groups in total. The summed E-state index contributed by atoms with van der Waals surface area (Å²) in [5, 5.41) is 12.4. The number of likely N-dealkylation sites (tertiary alicyclic amines) is 1. The molecule has 8 atom stereocenters. The summed E-state index contributed by atoms with van der Waals surface area (Å²) >= 11 is 3.72. The quantitative estimate of drug-likeness (QED) is 0.122. The van der Waals surface area contributed by atoms with Crippen molar-refractivity contribution in [3.8, 4) is 0 Å². The topological polar surface area (TPSA) is 125 Å². The van der Waals surface area contributed by atoms with Gasteiger partial charge in [0.2, 0.25) is 17.7 Å². The maximum absolute atomic E-state index is 14.5. The van der Waals surface area contributed by atoms with E-state index >= 15 is 0 Å². The third-order valence-corrected chi connectivity index (χ3v) is 10.1. The second-order valence-electron chi connectivity index (χ2n) is 13.5. The highest BCUT2D eigenvalue weighted by Crippen LogP contribution is 2.60. The first-order chi connectivity index (χ1) is 21.8. The van der Waals surface area contributed by atoms with Crippen molar-refractivity contribution in [2.45, 2.75) is 100 Å². The van der Waals surface area contributed by atoms with E-state index in [0.29, 0.717) is 31.2 Å². The third kappa shape index (κ3) is 6.96. The smallest absolute Gasteiger partial charge is 0.313 e. The molecule has 3 aliphatic rings. The highest BCUT2D eigenvalue weighted by molar-refractivity contribution is 9.09. The molecule has 3 saturated heterocycles. The number of nitrogens with zero attached hydrogens (tertiary/aromatic N) is 2. The number of halogens is 1. The third-order valence-electron chi connectivity index (χ3n) is 9.28. The monoisotopic (exact) mass is 701 g/mol. The number of aliphatic hydroxyl groups is 1. The molecule has 1 aromatic carbocycles. The Morgan fingerprint density at radius 3 is 2.52 bits per heavy atom. The Kier molecular flexibility index (Phi) is 11.5. The summed E-state index contributed by atoms with van der Waals surface area (Å²) in [7, 11) is 0. The van der Waals surface area contributed by atoms with Crippen LogP contribution >= 0.6 is 15.9 Å². The van der Waals surface area contributed by atoms with Crippen LogP contribution in [-0.4, -0.2) is 92.4 Å². The van der Waals surface area contributed by atoms with Gasteiger partial charge in [-0.3, -0.25) is 19.2 Å². The number of carbonyl (C=O) groups excluding carboxylic acids is 4. The maximum Gasteiger partial charge on any atom is 0.313 e. The predicted molar refractivity (Wildman–Crippen MR) is 178 cm³/mol. The van der Waals surface area contributed by atoms with E-state index in [1.165, 1.54) is 0 Å². The van der Waals surface area contributed by atoms with Crippen LogP contribution in [0.3, 0.4) is 0 Å². The van der Waals surface area contributed by atoms with Crippen LogP contribution in [0.25, 0.3) is 0 Å². The number of amides is 3. The summed E-state index contributed by atoms with van der Waals surface area (Å²) in [4.78, 5) is 58.7. The van der Waals surface area contributed by atoms with E-state index in [-0.39, 0.29) is 48.7 Å². The van der Waals surface area contributed by atoms with Crippen LogP contribution in [0.1, 0.15) is 71.5 Å². The predicted octanol–water partition coefficient (Wildman–Crippen LogP) is 4.08. The van der Waals surface area contributed by atoms with Crippen molar-refractivity contribution in [2.75, 3.05) is 19.7 Å². The molecule has 10 nitrogen and oxygen atoms in total. The van der Waals surface area contributed by atoms with Gasteiger partial charge in [-0.2, -0.15) is 0 Å². The fraction of sp³-hybridized carbons (Fsp3) is 0.600. The van der Waals surface area contributed by atoms with Crippen molar-refractivity contribution in [1.82, 2.24) is 15.1 Å². The van der Waals surface area contributed by atoms with E-state index in [9.17, 15) is 24.3 Å². The fourth-order valence-electron chi connectivity index (χ4n) is 7.22. The molecule has 2 bridgehead atoms.